The SMILES string of the molecule is CC(C)(C)OC(=O)NC1CCc2cc(C(=S)NC[Si](C)(C)C)ccc21.CSC(=NC[Si](C)(C)C)c1ccc2c(c1)CCC2NC(=O)OC(C)(C)C. The zero-order valence-electron chi connectivity index (χ0n) is 33.3. The Hall–Kier alpha value is -2.68. The van der Waals surface area contributed by atoms with Crippen LogP contribution in [0.2, 0.25) is 39.3 Å². The average Bonchev–Trinajstić information content (AvgIpc) is 3.56. The lowest BCUT2D eigenvalue weighted by Crippen LogP contribution is -2.39. The Morgan fingerprint density at radius 1 is 0.784 bits per heavy atom. The summed E-state index contributed by atoms with van der Waals surface area (Å²) in [6, 6.07) is 12.9. The predicted octanol–water partition coefficient (Wildman–Crippen LogP) is 9.53. The lowest BCUT2D eigenvalue weighted by atomic mass is 10.0. The van der Waals surface area contributed by atoms with Crippen LogP contribution in [0.3, 0.4) is 0 Å². The van der Waals surface area contributed by atoms with Crippen LogP contribution in [0.15, 0.2) is 41.4 Å². The number of aliphatic imine (C=N–C) groups is 1. The quantitative estimate of drug-likeness (QED) is 0.106. The van der Waals surface area contributed by atoms with E-state index in [-0.39, 0.29) is 24.3 Å². The summed E-state index contributed by atoms with van der Waals surface area (Å²) in [6.07, 6.45) is 7.03. The molecule has 12 heteroatoms. The van der Waals surface area contributed by atoms with Crippen LogP contribution in [0, 0.1) is 0 Å². The number of rotatable bonds is 8. The van der Waals surface area contributed by atoms with Gasteiger partial charge in [-0.1, -0.05) is 75.8 Å². The van der Waals surface area contributed by atoms with E-state index in [0.29, 0.717) is 0 Å². The van der Waals surface area contributed by atoms with Gasteiger partial charge in [-0.05, 0) is 108 Å². The van der Waals surface area contributed by atoms with E-state index in [2.05, 4.69) is 91.8 Å². The molecule has 3 N–H and O–H groups in total. The third-order valence-corrected chi connectivity index (χ3v) is 11.5. The van der Waals surface area contributed by atoms with Gasteiger partial charge in [0.1, 0.15) is 16.2 Å². The van der Waals surface area contributed by atoms with E-state index in [1.165, 1.54) is 27.8 Å². The summed E-state index contributed by atoms with van der Waals surface area (Å²) in [4.78, 5) is 29.8. The number of amides is 2. The molecule has 0 heterocycles. The van der Waals surface area contributed by atoms with Crippen LogP contribution in [-0.2, 0) is 22.3 Å². The number of thiocarbonyl (C=S) groups is 1. The predicted molar refractivity (Wildman–Crippen MR) is 225 cm³/mol. The first kappa shape index (κ1) is 42.7. The lowest BCUT2D eigenvalue weighted by Gasteiger charge is -2.22. The third kappa shape index (κ3) is 14.7. The van der Waals surface area contributed by atoms with Crippen LogP contribution >= 0.6 is 24.0 Å². The highest BCUT2D eigenvalue weighted by atomic mass is 32.2. The Morgan fingerprint density at radius 2 is 1.24 bits per heavy atom. The van der Waals surface area contributed by atoms with Crippen LogP contribution in [0.4, 0.5) is 9.59 Å². The molecular weight excluding hydrogens is 709 g/mol. The number of nitrogens with one attached hydrogen (secondary N) is 3. The summed E-state index contributed by atoms with van der Waals surface area (Å²) >= 11 is 7.25. The van der Waals surface area contributed by atoms with Gasteiger partial charge in [-0.25, -0.2) is 9.59 Å². The normalized spacial score (nSPS) is 17.4. The first-order chi connectivity index (χ1) is 23.4. The first-order valence-corrected chi connectivity index (χ1v) is 27.1. The van der Waals surface area contributed by atoms with Gasteiger partial charge in [0.2, 0.25) is 0 Å². The topological polar surface area (TPSA) is 101 Å². The molecule has 0 saturated heterocycles. The Balaban J connectivity index is 0.000000276. The van der Waals surface area contributed by atoms with Crippen LogP contribution in [0.1, 0.15) is 99.8 Å². The molecule has 2 aromatic rings. The Labute approximate surface area is 319 Å². The number of thioether (sulfide) groups is 1. The number of hydrogen-bond acceptors (Lipinski definition) is 7. The molecular formula is C39H62N4O4S2Si2. The molecule has 0 saturated carbocycles. The van der Waals surface area contributed by atoms with Crippen LogP contribution < -0.4 is 16.0 Å². The third-order valence-electron chi connectivity index (χ3n) is 8.00. The van der Waals surface area contributed by atoms with E-state index in [1.807, 2.05) is 47.6 Å². The second-order valence-electron chi connectivity index (χ2n) is 17.9. The Bertz CT molecular complexity index is 1590. The molecule has 8 nitrogen and oxygen atoms in total. The lowest BCUT2D eigenvalue weighted by molar-refractivity contribution is 0.0492. The van der Waals surface area contributed by atoms with Gasteiger partial charge in [0.15, 0.2) is 0 Å². The molecule has 2 unspecified atom stereocenters. The summed E-state index contributed by atoms with van der Waals surface area (Å²) in [5.74, 6) is 0. The van der Waals surface area contributed by atoms with Gasteiger partial charge < -0.3 is 25.4 Å². The molecule has 0 spiro atoms. The molecule has 2 amide bonds. The minimum atomic E-state index is -1.20. The van der Waals surface area contributed by atoms with Crippen LogP contribution in [-0.4, -0.2) is 68.2 Å². The van der Waals surface area contributed by atoms with Crippen molar-refractivity contribution in [2.24, 2.45) is 4.99 Å². The number of carbonyl (C=O) groups excluding carboxylic acids is 2. The molecule has 0 bridgehead atoms. The highest BCUT2D eigenvalue weighted by Crippen LogP contribution is 2.34. The molecule has 2 aromatic carbocycles. The second kappa shape index (κ2) is 17.4. The smallest absolute Gasteiger partial charge is 0.408 e. The Morgan fingerprint density at radius 3 is 1.65 bits per heavy atom. The number of fused-ring (bicyclic) bond motifs is 2. The first-order valence-electron chi connectivity index (χ1n) is 18.0. The fraction of sp³-hybridized carbons (Fsp3) is 0.590. The molecule has 0 radical (unpaired) electrons. The van der Waals surface area contributed by atoms with Crippen molar-refractivity contribution in [3.05, 3.63) is 69.8 Å². The van der Waals surface area contributed by atoms with Gasteiger partial charge >= 0.3 is 12.2 Å². The summed E-state index contributed by atoms with van der Waals surface area (Å²) in [5, 5.41) is 10.5. The molecule has 2 aliphatic carbocycles. The minimum Gasteiger partial charge on any atom is -0.444 e. The Kier molecular flexibility index (Phi) is 14.6. The summed E-state index contributed by atoms with van der Waals surface area (Å²) in [5.41, 5.74) is 6.22. The monoisotopic (exact) mass is 770 g/mol. The van der Waals surface area contributed by atoms with Crippen molar-refractivity contribution >= 4 is 62.3 Å². The fourth-order valence-electron chi connectivity index (χ4n) is 5.74. The summed E-state index contributed by atoms with van der Waals surface area (Å²) < 4.78 is 10.8. The van der Waals surface area contributed by atoms with Crippen molar-refractivity contribution in [1.29, 1.82) is 0 Å². The number of nitrogens with zero attached hydrogens (tertiary/aromatic N) is 1. The van der Waals surface area contributed by atoms with Crippen molar-refractivity contribution in [2.45, 2.75) is 130 Å². The standard InChI is InChI=1S/C20H32N2O2SSi.C19H30N2O2SSi/c1-20(2,3)24-19(23)22-17-11-9-14-12-15(8-10-16(14)17)18(25-4)21-13-26(5,6)7;1-19(2,3)23-18(22)21-16-10-8-13-11-14(7-9-15(13)16)17(24)20-12-25(4,5)6/h8,10,12,17H,9,11,13H2,1-7H3,(H,22,23);7,9,11,16H,8,10,12H2,1-6H3,(H,20,24)(H,21,22). The van der Waals surface area contributed by atoms with Crippen molar-refractivity contribution < 1.29 is 19.1 Å². The van der Waals surface area contributed by atoms with Gasteiger partial charge in [-0.15, -0.1) is 11.8 Å². The number of aryl methyl sites for hydroxylation is 2. The maximum Gasteiger partial charge on any atom is 0.408 e. The summed E-state index contributed by atoms with van der Waals surface area (Å²) in [7, 11) is -2.38. The number of ether oxygens (including phenoxy) is 2. The maximum atomic E-state index is 12.1. The molecule has 0 aromatic heterocycles. The molecule has 2 aliphatic rings. The van der Waals surface area contributed by atoms with Gasteiger partial charge in [-0.3, -0.25) is 4.99 Å². The molecule has 0 aliphatic heterocycles. The van der Waals surface area contributed by atoms with E-state index < -0.39 is 27.3 Å². The number of alkyl carbamates (subject to hydrolysis) is 2. The van der Waals surface area contributed by atoms with Crippen molar-refractivity contribution in [1.82, 2.24) is 16.0 Å². The second-order valence-corrected chi connectivity index (χ2v) is 30.0. The minimum absolute atomic E-state index is 0.0161. The van der Waals surface area contributed by atoms with Gasteiger partial charge in [-0.2, -0.15) is 0 Å². The van der Waals surface area contributed by atoms with E-state index in [4.69, 9.17) is 26.7 Å². The molecule has 51 heavy (non-hydrogen) atoms. The van der Waals surface area contributed by atoms with Crippen molar-refractivity contribution in [3.8, 4) is 0 Å². The largest absolute Gasteiger partial charge is 0.444 e. The molecule has 282 valence electrons. The van der Waals surface area contributed by atoms with Gasteiger partial charge in [0.25, 0.3) is 0 Å². The summed E-state index contributed by atoms with van der Waals surface area (Å²) in [6.45, 7) is 25.2. The van der Waals surface area contributed by atoms with Gasteiger partial charge in [0, 0.05) is 23.5 Å². The highest BCUT2D eigenvalue weighted by Gasteiger charge is 2.28. The fourth-order valence-corrected chi connectivity index (χ4v) is 8.08. The number of benzene rings is 2. The number of carbonyl (C=O) groups is 2. The van der Waals surface area contributed by atoms with Crippen molar-refractivity contribution in [2.75, 3.05) is 18.6 Å². The van der Waals surface area contributed by atoms with E-state index in [1.54, 1.807) is 11.8 Å². The average molecular weight is 771 g/mol. The number of hydrogen-bond donors (Lipinski definition) is 3. The van der Waals surface area contributed by atoms with Crippen molar-refractivity contribution in [3.63, 3.8) is 0 Å². The zero-order chi connectivity index (χ0) is 38.4. The van der Waals surface area contributed by atoms with E-state index >= 15 is 0 Å². The van der Waals surface area contributed by atoms with Gasteiger partial charge in [0.05, 0.1) is 33.3 Å². The molecule has 4 rings (SSSR count). The van der Waals surface area contributed by atoms with Crippen LogP contribution in [0.5, 0.6) is 0 Å². The van der Waals surface area contributed by atoms with E-state index in [9.17, 15) is 9.59 Å². The highest BCUT2D eigenvalue weighted by molar-refractivity contribution is 8.13. The molecule has 0 fully saturated rings. The molecule has 2 atom stereocenters. The maximum absolute atomic E-state index is 12.1. The van der Waals surface area contributed by atoms with E-state index in [0.717, 1.165) is 53.6 Å². The zero-order valence-corrected chi connectivity index (χ0v) is 36.9. The van der Waals surface area contributed by atoms with Crippen LogP contribution in [0.25, 0.3) is 0 Å².